The Morgan fingerprint density at radius 3 is 2.47 bits per heavy atom. The first-order valence-corrected chi connectivity index (χ1v) is 15.0. The van der Waals surface area contributed by atoms with Crippen molar-refractivity contribution in [1.82, 2.24) is 25.3 Å². The lowest BCUT2D eigenvalue weighted by Crippen LogP contribution is -2.33. The molecule has 1 aliphatic rings. The summed E-state index contributed by atoms with van der Waals surface area (Å²) in [6, 6.07) is 13.0. The van der Waals surface area contributed by atoms with Crippen molar-refractivity contribution in [1.29, 1.82) is 0 Å². The van der Waals surface area contributed by atoms with Crippen molar-refractivity contribution in [3.8, 4) is 5.88 Å². The molecule has 0 spiro atoms. The zero-order valence-electron chi connectivity index (χ0n) is 22.7. The lowest BCUT2D eigenvalue weighted by molar-refractivity contribution is -0.130. The summed E-state index contributed by atoms with van der Waals surface area (Å²) in [5.74, 6) is -2.90. The molecule has 11 nitrogen and oxygen atoms in total. The number of anilines is 1. The molecule has 1 aliphatic carbocycles. The van der Waals surface area contributed by atoms with Gasteiger partial charge >= 0.3 is 16.3 Å². The molecule has 0 bridgehead atoms. The molecule has 5 rings (SSSR count). The Hall–Kier alpha value is -4.53. The van der Waals surface area contributed by atoms with Crippen molar-refractivity contribution in [2.45, 2.75) is 38.4 Å². The van der Waals surface area contributed by atoms with Crippen molar-refractivity contribution in [3.63, 3.8) is 0 Å². The van der Waals surface area contributed by atoms with E-state index in [1.807, 2.05) is 12.1 Å². The van der Waals surface area contributed by atoms with Crippen LogP contribution in [0.3, 0.4) is 0 Å². The third kappa shape index (κ3) is 7.66. The fraction of sp³-hybridized carbons (Fsp3) is 0.321. The van der Waals surface area contributed by atoms with Crippen LogP contribution in [0.25, 0.3) is 10.8 Å². The second-order valence-electron chi connectivity index (χ2n) is 10.1. The number of amides is 2. The number of fused-ring (bicyclic) bond motifs is 1. The van der Waals surface area contributed by atoms with Crippen LogP contribution in [-0.2, 0) is 16.7 Å². The average Bonchev–Trinajstić information content (AvgIpc) is 3.45. The number of benzene rings is 2. The number of alkyl halides is 3. The van der Waals surface area contributed by atoms with Gasteiger partial charge in [0.15, 0.2) is 5.69 Å². The summed E-state index contributed by atoms with van der Waals surface area (Å²) >= 11 is 0. The number of aromatic nitrogens is 4. The molecule has 2 amide bonds. The third-order valence-electron chi connectivity index (χ3n) is 7.02. The normalized spacial score (nSPS) is 13.8. The lowest BCUT2D eigenvalue weighted by Gasteiger charge is -2.25. The van der Waals surface area contributed by atoms with Gasteiger partial charge < -0.3 is 14.8 Å². The molecule has 2 aromatic carbocycles. The quantitative estimate of drug-likeness (QED) is 0.237. The Morgan fingerprint density at radius 2 is 1.79 bits per heavy atom. The number of hydrogen-bond acceptors (Lipinski definition) is 8. The first kappa shape index (κ1) is 29.9. The number of carbonyl (C=O) groups is 2. The highest BCUT2D eigenvalue weighted by molar-refractivity contribution is 7.87. The molecule has 15 heteroatoms. The molecule has 2 N–H and O–H groups in total. The van der Waals surface area contributed by atoms with Crippen molar-refractivity contribution < 1.29 is 35.4 Å². The van der Waals surface area contributed by atoms with Crippen LogP contribution in [0.2, 0.25) is 0 Å². The van der Waals surface area contributed by atoms with Crippen LogP contribution in [0.15, 0.2) is 60.9 Å². The van der Waals surface area contributed by atoms with E-state index < -0.39 is 46.2 Å². The van der Waals surface area contributed by atoms with Gasteiger partial charge in [-0.3, -0.25) is 9.59 Å². The van der Waals surface area contributed by atoms with Crippen molar-refractivity contribution in [3.05, 3.63) is 77.7 Å². The molecule has 43 heavy (non-hydrogen) atoms. The maximum atomic E-state index is 13.5. The molecule has 0 atom stereocenters. The van der Waals surface area contributed by atoms with Gasteiger partial charge in [-0.15, -0.1) is 5.10 Å². The summed E-state index contributed by atoms with van der Waals surface area (Å²) in [6.07, 6.45) is -0.102. The number of pyridine rings is 1. The van der Waals surface area contributed by atoms with E-state index >= 15 is 0 Å². The molecule has 2 heterocycles. The van der Waals surface area contributed by atoms with Gasteiger partial charge in [0.2, 0.25) is 5.88 Å². The average molecular weight is 617 g/mol. The van der Waals surface area contributed by atoms with Crippen LogP contribution in [-0.4, -0.2) is 58.7 Å². The van der Waals surface area contributed by atoms with Gasteiger partial charge in [0.25, 0.3) is 11.8 Å². The van der Waals surface area contributed by atoms with Crippen LogP contribution in [0.5, 0.6) is 5.88 Å². The minimum Gasteiger partial charge on any atom is -0.362 e. The fourth-order valence-electron chi connectivity index (χ4n) is 4.57. The van der Waals surface area contributed by atoms with Gasteiger partial charge in [-0.25, -0.2) is 9.67 Å². The van der Waals surface area contributed by atoms with Crippen LogP contribution in [0.4, 0.5) is 18.9 Å². The van der Waals surface area contributed by atoms with E-state index in [0.717, 1.165) is 36.3 Å². The van der Waals surface area contributed by atoms with Gasteiger partial charge in [-0.2, -0.15) is 21.6 Å². The lowest BCUT2D eigenvalue weighted by atomic mass is 9.85. The fourth-order valence-corrected chi connectivity index (χ4v) is 5.49. The standard InChI is InChI=1S/C28H27F3N6O5S/c29-28(30,31)12-15-43(40,41)42-24-11-10-23(25(35-24)27(39)32-16-18-4-3-5-18)34-26(38)22-9-8-19(17-37-14-13-33-36-37)20-6-1-2-7-21(20)22/h1-2,6-11,13-14,18H,3-5,12,15-17H2,(H,32,39)(H,34,38). The third-order valence-corrected chi connectivity index (χ3v) is 8.15. The first-order valence-electron chi connectivity index (χ1n) is 13.4. The van der Waals surface area contributed by atoms with E-state index in [-0.39, 0.29) is 17.3 Å². The topological polar surface area (TPSA) is 145 Å². The molecule has 4 aromatic rings. The van der Waals surface area contributed by atoms with Crippen molar-refractivity contribution >= 4 is 38.4 Å². The molecule has 0 unspecified atom stereocenters. The number of hydrogen-bond donors (Lipinski definition) is 2. The molecular weight excluding hydrogens is 589 g/mol. The predicted octanol–water partition coefficient (Wildman–Crippen LogP) is 4.32. The Balaban J connectivity index is 1.41. The highest BCUT2D eigenvalue weighted by atomic mass is 32.2. The summed E-state index contributed by atoms with van der Waals surface area (Å²) in [5, 5.41) is 14.6. The van der Waals surface area contributed by atoms with Crippen molar-refractivity contribution in [2.75, 3.05) is 17.6 Å². The zero-order valence-corrected chi connectivity index (χ0v) is 23.5. The Labute approximate surface area is 244 Å². The zero-order chi connectivity index (χ0) is 30.6. The van der Waals surface area contributed by atoms with E-state index in [9.17, 15) is 31.2 Å². The molecule has 0 saturated heterocycles. The van der Waals surface area contributed by atoms with E-state index in [1.54, 1.807) is 41.3 Å². The first-order chi connectivity index (χ1) is 20.5. The Kier molecular flexibility index (Phi) is 8.62. The maximum absolute atomic E-state index is 13.5. The van der Waals surface area contributed by atoms with Gasteiger partial charge in [0.1, 0.15) is 0 Å². The van der Waals surface area contributed by atoms with E-state index in [4.69, 9.17) is 4.18 Å². The second kappa shape index (κ2) is 12.4. The molecule has 2 aromatic heterocycles. The maximum Gasteiger partial charge on any atom is 0.390 e. The Bertz CT molecular complexity index is 1740. The molecule has 1 saturated carbocycles. The number of nitrogens with zero attached hydrogens (tertiary/aromatic N) is 4. The van der Waals surface area contributed by atoms with Crippen LogP contribution in [0.1, 0.15) is 52.1 Å². The smallest absolute Gasteiger partial charge is 0.362 e. The van der Waals surface area contributed by atoms with Gasteiger partial charge in [-0.05, 0) is 47.2 Å². The summed E-state index contributed by atoms with van der Waals surface area (Å²) in [4.78, 5) is 30.6. The number of nitrogens with one attached hydrogen (secondary N) is 2. The predicted molar refractivity (Wildman–Crippen MR) is 150 cm³/mol. The number of carbonyl (C=O) groups excluding carboxylic acids is 2. The van der Waals surface area contributed by atoms with E-state index in [0.29, 0.717) is 24.0 Å². The minimum absolute atomic E-state index is 0.0353. The van der Waals surface area contributed by atoms with Gasteiger partial charge in [0.05, 0.1) is 30.6 Å². The van der Waals surface area contributed by atoms with E-state index in [1.165, 1.54) is 6.07 Å². The highest BCUT2D eigenvalue weighted by Gasteiger charge is 2.31. The van der Waals surface area contributed by atoms with Crippen molar-refractivity contribution in [2.24, 2.45) is 5.92 Å². The molecular formula is C28H27F3N6O5S. The molecule has 0 aliphatic heterocycles. The number of halogens is 3. The molecule has 1 fully saturated rings. The summed E-state index contributed by atoms with van der Waals surface area (Å²) < 4.78 is 68.4. The Morgan fingerprint density at radius 1 is 1.02 bits per heavy atom. The van der Waals surface area contributed by atoms with Crippen LogP contribution in [0, 0.1) is 5.92 Å². The summed E-state index contributed by atoms with van der Waals surface area (Å²) in [6.45, 7) is 0.770. The molecule has 0 radical (unpaired) electrons. The van der Waals surface area contributed by atoms with Gasteiger partial charge in [0, 0.05) is 24.4 Å². The number of rotatable bonds is 11. The largest absolute Gasteiger partial charge is 0.390 e. The van der Waals surface area contributed by atoms with Gasteiger partial charge in [-0.1, -0.05) is 42.0 Å². The highest BCUT2D eigenvalue weighted by Crippen LogP contribution is 2.28. The van der Waals surface area contributed by atoms with Crippen LogP contribution < -0.4 is 14.8 Å². The monoisotopic (exact) mass is 616 g/mol. The SMILES string of the molecule is O=C(NCC1CCC1)c1nc(OS(=O)(=O)CCC(F)(F)F)ccc1NC(=O)c1ccc(Cn2ccnn2)c2ccccc12. The minimum atomic E-state index is -4.71. The summed E-state index contributed by atoms with van der Waals surface area (Å²) in [7, 11) is -4.67. The molecule has 226 valence electrons. The second-order valence-corrected chi connectivity index (χ2v) is 11.8. The van der Waals surface area contributed by atoms with E-state index in [2.05, 4.69) is 25.9 Å². The summed E-state index contributed by atoms with van der Waals surface area (Å²) in [5.41, 5.74) is 0.813. The van der Waals surface area contributed by atoms with Crippen LogP contribution >= 0.6 is 0 Å².